The summed E-state index contributed by atoms with van der Waals surface area (Å²) in [6, 6.07) is 7.09. The van der Waals surface area contributed by atoms with E-state index in [0.717, 1.165) is 25.7 Å². The van der Waals surface area contributed by atoms with Gasteiger partial charge in [-0.3, -0.25) is 4.79 Å². The van der Waals surface area contributed by atoms with E-state index in [1.165, 1.54) is 12.1 Å². The largest absolute Gasteiger partial charge is 0.339 e. The summed E-state index contributed by atoms with van der Waals surface area (Å²) in [5.41, 5.74) is 0.516. The molecule has 6 nitrogen and oxygen atoms in total. The van der Waals surface area contributed by atoms with Crippen LogP contribution in [-0.2, 0) is 10.0 Å². The number of rotatable bonds is 6. The summed E-state index contributed by atoms with van der Waals surface area (Å²) in [6.07, 6.45) is 3.94. The maximum Gasteiger partial charge on any atom is 0.253 e. The molecule has 2 aliphatic rings. The Labute approximate surface area is 150 Å². The van der Waals surface area contributed by atoms with Crippen LogP contribution in [0.3, 0.4) is 0 Å². The topological polar surface area (TPSA) is 78.5 Å². The number of hydrogen-bond donors (Lipinski definition) is 2. The van der Waals surface area contributed by atoms with E-state index in [2.05, 4.69) is 10.0 Å². The minimum atomic E-state index is -3.56. The number of amides is 1. The molecule has 0 saturated carbocycles. The summed E-state index contributed by atoms with van der Waals surface area (Å²) in [6.45, 7) is 5.12. The molecule has 2 heterocycles. The molecular formula is C18H27N3O3S. The van der Waals surface area contributed by atoms with E-state index in [0.29, 0.717) is 30.7 Å². The highest BCUT2D eigenvalue weighted by molar-refractivity contribution is 7.89. The SMILES string of the molecule is CCN(CC)C(=O)c1ccc(S(=O)(=O)NC2CC3CCC(C2)N3)cc1. The van der Waals surface area contributed by atoms with Gasteiger partial charge in [0, 0.05) is 36.8 Å². The Bertz CT molecular complexity index is 702. The third-order valence-electron chi connectivity index (χ3n) is 5.26. The fourth-order valence-electron chi connectivity index (χ4n) is 3.91. The van der Waals surface area contributed by atoms with Crippen LogP contribution in [0.1, 0.15) is 49.9 Å². The monoisotopic (exact) mass is 365 g/mol. The van der Waals surface area contributed by atoms with Crippen LogP contribution in [0.15, 0.2) is 29.2 Å². The fraction of sp³-hybridized carbons (Fsp3) is 0.611. The lowest BCUT2D eigenvalue weighted by atomic mass is 10.0. The van der Waals surface area contributed by atoms with Crippen LogP contribution in [0.5, 0.6) is 0 Å². The Morgan fingerprint density at radius 1 is 1.12 bits per heavy atom. The molecule has 0 aromatic heterocycles. The van der Waals surface area contributed by atoms with Crippen LogP contribution in [0.2, 0.25) is 0 Å². The molecule has 1 aromatic rings. The van der Waals surface area contributed by atoms with Crippen molar-refractivity contribution in [2.45, 2.75) is 62.6 Å². The molecule has 138 valence electrons. The van der Waals surface area contributed by atoms with Gasteiger partial charge in [0.05, 0.1) is 4.90 Å². The van der Waals surface area contributed by atoms with Crippen molar-refractivity contribution in [1.82, 2.24) is 14.9 Å². The Kier molecular flexibility index (Phi) is 5.46. The van der Waals surface area contributed by atoms with Gasteiger partial charge in [0.2, 0.25) is 10.0 Å². The molecule has 2 saturated heterocycles. The number of nitrogens with one attached hydrogen (secondary N) is 2. The Balaban J connectivity index is 1.69. The Morgan fingerprint density at radius 2 is 1.68 bits per heavy atom. The van der Waals surface area contributed by atoms with E-state index >= 15 is 0 Å². The summed E-state index contributed by atoms with van der Waals surface area (Å²) in [4.78, 5) is 14.2. The third kappa shape index (κ3) is 4.04. The zero-order valence-corrected chi connectivity index (χ0v) is 15.7. The highest BCUT2D eigenvalue weighted by atomic mass is 32.2. The fourth-order valence-corrected chi connectivity index (χ4v) is 5.17. The predicted octanol–water partition coefficient (Wildman–Crippen LogP) is 1.73. The average Bonchev–Trinajstić information content (AvgIpc) is 2.94. The molecule has 25 heavy (non-hydrogen) atoms. The average molecular weight is 365 g/mol. The normalized spacial score (nSPS) is 25.8. The van der Waals surface area contributed by atoms with Crippen LogP contribution < -0.4 is 10.0 Å². The van der Waals surface area contributed by atoms with Crippen molar-refractivity contribution in [3.05, 3.63) is 29.8 Å². The lowest BCUT2D eigenvalue weighted by Gasteiger charge is -2.29. The number of hydrogen-bond acceptors (Lipinski definition) is 4. The second-order valence-electron chi connectivity index (χ2n) is 6.93. The van der Waals surface area contributed by atoms with E-state index in [1.54, 1.807) is 17.0 Å². The second kappa shape index (κ2) is 7.43. The zero-order valence-electron chi connectivity index (χ0n) is 14.9. The van der Waals surface area contributed by atoms with Crippen LogP contribution in [0.4, 0.5) is 0 Å². The van der Waals surface area contributed by atoms with E-state index in [4.69, 9.17) is 0 Å². The summed E-state index contributed by atoms with van der Waals surface area (Å²) in [5, 5.41) is 3.51. The van der Waals surface area contributed by atoms with Crippen LogP contribution in [-0.4, -0.2) is 50.4 Å². The molecule has 2 atom stereocenters. The van der Waals surface area contributed by atoms with E-state index < -0.39 is 10.0 Å². The molecule has 2 fully saturated rings. The Hall–Kier alpha value is -1.44. The molecule has 0 spiro atoms. The minimum absolute atomic E-state index is 0.0132. The molecule has 2 N–H and O–H groups in total. The van der Waals surface area contributed by atoms with Crippen molar-refractivity contribution >= 4 is 15.9 Å². The lowest BCUT2D eigenvalue weighted by Crippen LogP contribution is -2.47. The minimum Gasteiger partial charge on any atom is -0.339 e. The number of nitrogens with zero attached hydrogens (tertiary/aromatic N) is 1. The van der Waals surface area contributed by atoms with Gasteiger partial charge in [-0.2, -0.15) is 0 Å². The number of piperidine rings is 1. The summed E-state index contributed by atoms with van der Waals surface area (Å²) in [5.74, 6) is -0.0724. The van der Waals surface area contributed by atoms with Crippen molar-refractivity contribution in [2.75, 3.05) is 13.1 Å². The first kappa shape index (κ1) is 18.4. The molecule has 0 radical (unpaired) electrons. The quantitative estimate of drug-likeness (QED) is 0.805. The van der Waals surface area contributed by atoms with E-state index in [1.807, 2.05) is 13.8 Å². The van der Waals surface area contributed by atoms with Gasteiger partial charge in [-0.25, -0.2) is 13.1 Å². The summed E-state index contributed by atoms with van der Waals surface area (Å²) < 4.78 is 28.1. The van der Waals surface area contributed by atoms with Crippen LogP contribution in [0.25, 0.3) is 0 Å². The van der Waals surface area contributed by atoms with Gasteiger partial charge in [-0.05, 0) is 63.8 Å². The standard InChI is InChI=1S/C18H27N3O3S/c1-3-21(4-2)18(22)13-5-9-17(10-6-13)25(23,24)20-16-11-14-7-8-15(12-16)19-14/h5-6,9-10,14-16,19-20H,3-4,7-8,11-12H2,1-2H3. The molecule has 3 rings (SSSR count). The molecule has 7 heteroatoms. The van der Waals surface area contributed by atoms with Crippen molar-refractivity contribution in [3.8, 4) is 0 Å². The lowest BCUT2D eigenvalue weighted by molar-refractivity contribution is 0.0773. The number of carbonyl (C=O) groups excluding carboxylic acids is 1. The van der Waals surface area contributed by atoms with Crippen molar-refractivity contribution in [2.24, 2.45) is 0 Å². The van der Waals surface area contributed by atoms with Gasteiger partial charge in [0.1, 0.15) is 0 Å². The molecule has 2 aliphatic heterocycles. The Morgan fingerprint density at radius 3 is 2.20 bits per heavy atom. The number of sulfonamides is 1. The number of fused-ring (bicyclic) bond motifs is 2. The molecule has 1 amide bonds. The van der Waals surface area contributed by atoms with Gasteiger partial charge in [-0.1, -0.05) is 0 Å². The number of carbonyl (C=O) groups is 1. The number of benzene rings is 1. The molecule has 1 aromatic carbocycles. The zero-order chi connectivity index (χ0) is 18.0. The predicted molar refractivity (Wildman–Crippen MR) is 97.0 cm³/mol. The first-order valence-corrected chi connectivity index (χ1v) is 10.6. The van der Waals surface area contributed by atoms with Crippen LogP contribution in [0, 0.1) is 0 Å². The smallest absolute Gasteiger partial charge is 0.253 e. The van der Waals surface area contributed by atoms with Gasteiger partial charge < -0.3 is 10.2 Å². The highest BCUT2D eigenvalue weighted by Gasteiger charge is 2.35. The summed E-state index contributed by atoms with van der Waals surface area (Å²) in [7, 11) is -3.56. The molecule has 2 unspecified atom stereocenters. The van der Waals surface area contributed by atoms with E-state index in [9.17, 15) is 13.2 Å². The first-order valence-electron chi connectivity index (χ1n) is 9.10. The maximum atomic E-state index is 12.6. The molecular weight excluding hydrogens is 338 g/mol. The molecule has 0 aliphatic carbocycles. The second-order valence-corrected chi connectivity index (χ2v) is 8.64. The van der Waals surface area contributed by atoms with Gasteiger partial charge in [0.25, 0.3) is 5.91 Å². The van der Waals surface area contributed by atoms with Gasteiger partial charge in [0.15, 0.2) is 0 Å². The van der Waals surface area contributed by atoms with Gasteiger partial charge >= 0.3 is 0 Å². The van der Waals surface area contributed by atoms with Crippen molar-refractivity contribution in [3.63, 3.8) is 0 Å². The third-order valence-corrected chi connectivity index (χ3v) is 6.79. The van der Waals surface area contributed by atoms with Crippen LogP contribution >= 0.6 is 0 Å². The highest BCUT2D eigenvalue weighted by Crippen LogP contribution is 2.27. The van der Waals surface area contributed by atoms with Gasteiger partial charge in [-0.15, -0.1) is 0 Å². The summed E-state index contributed by atoms with van der Waals surface area (Å²) >= 11 is 0. The maximum absolute atomic E-state index is 12.6. The van der Waals surface area contributed by atoms with E-state index in [-0.39, 0.29) is 16.8 Å². The molecule has 2 bridgehead atoms. The van der Waals surface area contributed by atoms with Crippen molar-refractivity contribution < 1.29 is 13.2 Å². The van der Waals surface area contributed by atoms with Crippen molar-refractivity contribution in [1.29, 1.82) is 0 Å². The first-order chi connectivity index (χ1) is 11.9.